The quantitative estimate of drug-likeness (QED) is 0.200. The second-order valence-electron chi connectivity index (χ2n) is 8.56. The molecule has 35 heavy (non-hydrogen) atoms. The van der Waals surface area contributed by atoms with Crippen LogP contribution in [0.1, 0.15) is 16.7 Å². The molecule has 0 amide bonds. The maximum absolute atomic E-state index is 6.14. The van der Waals surface area contributed by atoms with Gasteiger partial charge in [0.15, 0.2) is 0 Å². The number of nitrogens with zero attached hydrogens (tertiary/aromatic N) is 1. The van der Waals surface area contributed by atoms with Crippen LogP contribution in [0.4, 0.5) is 0 Å². The van der Waals surface area contributed by atoms with Crippen LogP contribution in [0.2, 0.25) is 0 Å². The van der Waals surface area contributed by atoms with Crippen LogP contribution in [-0.4, -0.2) is 17.1 Å². The monoisotopic (exact) mass is 481 g/mol. The summed E-state index contributed by atoms with van der Waals surface area (Å²) in [5.74, 6) is 2.18. The van der Waals surface area contributed by atoms with Gasteiger partial charge >= 0.3 is 0 Å². The smallest absolute Gasteiger partial charge is 0.120 e. The van der Waals surface area contributed by atoms with Crippen LogP contribution in [0.5, 0.6) is 11.5 Å². The van der Waals surface area contributed by atoms with Crippen LogP contribution in [0.3, 0.4) is 0 Å². The Labute approximate surface area is 211 Å². The minimum Gasteiger partial charge on any atom is -0.492 e. The molecule has 0 aliphatic heterocycles. The minimum absolute atomic E-state index is 0.480. The summed E-state index contributed by atoms with van der Waals surface area (Å²) in [7, 11) is 0. The molecule has 0 radical (unpaired) electrons. The molecule has 3 nitrogen and oxygen atoms in total. The lowest BCUT2D eigenvalue weighted by atomic mass is 10.1. The predicted molar refractivity (Wildman–Crippen MR) is 145 cm³/mol. The third-order valence-electron chi connectivity index (χ3n) is 6.19. The molecule has 5 aromatic rings. The molecule has 0 atom stereocenters. The number of benzene rings is 4. The Balaban J connectivity index is 1.48. The van der Waals surface area contributed by atoms with E-state index in [-0.39, 0.29) is 0 Å². The maximum Gasteiger partial charge on any atom is 0.120 e. The number of aryl methyl sites for hydroxylation is 1. The number of hydrogen-bond acceptors (Lipinski definition) is 2. The Kier molecular flexibility index (Phi) is 7.06. The van der Waals surface area contributed by atoms with E-state index in [1.165, 1.54) is 27.7 Å². The van der Waals surface area contributed by atoms with E-state index in [1.54, 1.807) is 0 Å². The van der Waals surface area contributed by atoms with Crippen molar-refractivity contribution >= 4 is 22.5 Å². The molecule has 4 heteroatoms. The van der Waals surface area contributed by atoms with Crippen molar-refractivity contribution in [3.8, 4) is 22.8 Å². The highest BCUT2D eigenvalue weighted by atomic mass is 35.5. The van der Waals surface area contributed by atoms with Crippen molar-refractivity contribution in [3.63, 3.8) is 0 Å². The molecule has 0 aliphatic rings. The molecule has 0 saturated carbocycles. The van der Waals surface area contributed by atoms with Gasteiger partial charge in [-0.15, -0.1) is 11.6 Å². The lowest BCUT2D eigenvalue weighted by Gasteiger charge is -2.14. The molecule has 5 rings (SSSR count). The standard InChI is InChI=1S/C31H28ClNO2/c1-23-29-12-5-6-13-30(29)33(21-24-14-16-27(17-15-24)34-19-18-32)31(23)26-10-7-11-28(20-26)35-22-25-8-3-2-4-9-25/h2-17,20H,18-19,21-22H2,1H3. The molecule has 1 heterocycles. The Morgan fingerprint density at radius 1 is 0.714 bits per heavy atom. The van der Waals surface area contributed by atoms with E-state index in [4.69, 9.17) is 21.1 Å². The average molecular weight is 482 g/mol. The lowest BCUT2D eigenvalue weighted by Crippen LogP contribution is -2.03. The Hall–Kier alpha value is -3.69. The number of hydrogen-bond donors (Lipinski definition) is 0. The molecule has 0 unspecified atom stereocenters. The molecule has 1 aromatic heterocycles. The third kappa shape index (κ3) is 5.21. The first-order chi connectivity index (χ1) is 17.2. The highest BCUT2D eigenvalue weighted by Crippen LogP contribution is 2.35. The first-order valence-corrected chi connectivity index (χ1v) is 12.4. The zero-order valence-electron chi connectivity index (χ0n) is 19.8. The first kappa shape index (κ1) is 23.1. The zero-order chi connectivity index (χ0) is 24.0. The number of rotatable bonds is 9. The molecule has 0 fully saturated rings. The molecule has 0 N–H and O–H groups in total. The fraction of sp³-hybridized carbons (Fsp3) is 0.161. The van der Waals surface area contributed by atoms with Gasteiger partial charge in [0.1, 0.15) is 24.7 Å². The average Bonchev–Trinajstić information content (AvgIpc) is 3.19. The van der Waals surface area contributed by atoms with Gasteiger partial charge in [0.05, 0.1) is 11.6 Å². The van der Waals surface area contributed by atoms with Gasteiger partial charge in [-0.2, -0.15) is 0 Å². The van der Waals surface area contributed by atoms with Crippen LogP contribution < -0.4 is 9.47 Å². The fourth-order valence-electron chi connectivity index (χ4n) is 4.52. The van der Waals surface area contributed by atoms with Gasteiger partial charge in [-0.3, -0.25) is 0 Å². The maximum atomic E-state index is 6.14. The highest BCUT2D eigenvalue weighted by molar-refractivity contribution is 6.18. The fourth-order valence-corrected chi connectivity index (χ4v) is 4.59. The number of para-hydroxylation sites is 1. The first-order valence-electron chi connectivity index (χ1n) is 11.9. The molecular formula is C31H28ClNO2. The van der Waals surface area contributed by atoms with Gasteiger partial charge in [-0.05, 0) is 53.9 Å². The minimum atomic E-state index is 0.480. The summed E-state index contributed by atoms with van der Waals surface area (Å²) in [6, 6.07) is 35.5. The van der Waals surface area contributed by atoms with E-state index < -0.39 is 0 Å². The van der Waals surface area contributed by atoms with Crippen molar-refractivity contribution in [2.45, 2.75) is 20.1 Å². The second kappa shape index (κ2) is 10.7. The summed E-state index contributed by atoms with van der Waals surface area (Å²) in [6.45, 7) is 4.02. The summed E-state index contributed by atoms with van der Waals surface area (Å²) >= 11 is 5.75. The third-order valence-corrected chi connectivity index (χ3v) is 6.34. The second-order valence-corrected chi connectivity index (χ2v) is 8.94. The molecule has 0 spiro atoms. The van der Waals surface area contributed by atoms with E-state index in [9.17, 15) is 0 Å². The van der Waals surface area contributed by atoms with Crippen molar-refractivity contribution in [1.82, 2.24) is 4.57 Å². The van der Waals surface area contributed by atoms with E-state index in [0.717, 1.165) is 29.2 Å². The topological polar surface area (TPSA) is 23.4 Å². The molecule has 0 bridgehead atoms. The Morgan fingerprint density at radius 3 is 2.29 bits per heavy atom. The molecule has 0 saturated heterocycles. The Bertz CT molecular complexity index is 1410. The zero-order valence-corrected chi connectivity index (χ0v) is 20.5. The predicted octanol–water partition coefficient (Wildman–Crippen LogP) is 7.86. The van der Waals surface area contributed by atoms with Gasteiger partial charge in [0.25, 0.3) is 0 Å². The van der Waals surface area contributed by atoms with Crippen LogP contribution in [0.25, 0.3) is 22.2 Å². The number of alkyl halides is 1. The molecule has 176 valence electrons. The van der Waals surface area contributed by atoms with Gasteiger partial charge in [0.2, 0.25) is 0 Å². The van der Waals surface area contributed by atoms with E-state index >= 15 is 0 Å². The summed E-state index contributed by atoms with van der Waals surface area (Å²) in [5.41, 5.74) is 7.20. The van der Waals surface area contributed by atoms with Gasteiger partial charge in [-0.1, -0.05) is 72.8 Å². The van der Waals surface area contributed by atoms with Crippen LogP contribution in [0.15, 0.2) is 103 Å². The van der Waals surface area contributed by atoms with Crippen molar-refractivity contribution in [2.75, 3.05) is 12.5 Å². The van der Waals surface area contributed by atoms with Crippen molar-refractivity contribution in [1.29, 1.82) is 0 Å². The number of halogens is 1. The van der Waals surface area contributed by atoms with Gasteiger partial charge in [-0.25, -0.2) is 0 Å². The van der Waals surface area contributed by atoms with Crippen LogP contribution in [0, 0.1) is 6.92 Å². The normalized spacial score (nSPS) is 11.0. The lowest BCUT2D eigenvalue weighted by molar-refractivity contribution is 0.306. The number of ether oxygens (including phenoxy) is 2. The summed E-state index contributed by atoms with van der Waals surface area (Å²) in [4.78, 5) is 0. The summed E-state index contributed by atoms with van der Waals surface area (Å²) in [6.07, 6.45) is 0. The molecule has 0 aliphatic carbocycles. The largest absolute Gasteiger partial charge is 0.492 e. The van der Waals surface area contributed by atoms with E-state index in [0.29, 0.717) is 19.1 Å². The van der Waals surface area contributed by atoms with E-state index in [1.807, 2.05) is 36.4 Å². The highest BCUT2D eigenvalue weighted by Gasteiger charge is 2.16. The van der Waals surface area contributed by atoms with Crippen LogP contribution in [-0.2, 0) is 13.2 Å². The van der Waals surface area contributed by atoms with Crippen LogP contribution >= 0.6 is 11.6 Å². The number of aromatic nitrogens is 1. The van der Waals surface area contributed by atoms with Gasteiger partial charge < -0.3 is 14.0 Å². The van der Waals surface area contributed by atoms with Crippen molar-refractivity contribution < 1.29 is 9.47 Å². The number of fused-ring (bicyclic) bond motifs is 1. The van der Waals surface area contributed by atoms with Crippen molar-refractivity contribution in [2.24, 2.45) is 0 Å². The summed E-state index contributed by atoms with van der Waals surface area (Å²) in [5, 5.41) is 1.26. The summed E-state index contributed by atoms with van der Waals surface area (Å²) < 4.78 is 14.2. The van der Waals surface area contributed by atoms with Gasteiger partial charge in [0, 0.05) is 23.0 Å². The molecular weight excluding hydrogens is 454 g/mol. The SMILES string of the molecule is Cc1c(-c2cccc(OCc3ccccc3)c2)n(Cc2ccc(OCCCl)cc2)c2ccccc12. The molecule has 4 aromatic carbocycles. The van der Waals surface area contributed by atoms with Crippen molar-refractivity contribution in [3.05, 3.63) is 120 Å². The van der Waals surface area contributed by atoms with E-state index in [2.05, 4.69) is 78.2 Å². The Morgan fingerprint density at radius 2 is 1.49 bits per heavy atom.